The number of rotatable bonds is 5. The number of carbonyl (C=O) groups excluding carboxylic acids is 1. The van der Waals surface area contributed by atoms with Crippen LogP contribution in [0, 0.1) is 0 Å². The van der Waals surface area contributed by atoms with Gasteiger partial charge in [-0.1, -0.05) is 36.2 Å². The minimum absolute atomic E-state index is 0.235. The molecule has 2 aromatic carbocycles. The summed E-state index contributed by atoms with van der Waals surface area (Å²) in [5, 5.41) is 3.89. The van der Waals surface area contributed by atoms with Crippen LogP contribution in [0.5, 0.6) is 5.75 Å². The Morgan fingerprint density at radius 2 is 2.05 bits per heavy atom. The molecule has 0 saturated heterocycles. The number of ether oxygens (including phenoxy) is 1. The van der Waals surface area contributed by atoms with E-state index in [1.807, 2.05) is 6.92 Å². The summed E-state index contributed by atoms with van der Waals surface area (Å²) < 4.78 is 6.47. The number of anilines is 1. The lowest BCUT2D eigenvalue weighted by molar-refractivity contribution is -0.122. The van der Waals surface area contributed by atoms with Crippen molar-refractivity contribution in [3.8, 4) is 5.75 Å². The number of halogens is 3. The number of hydrogen-bond donors (Lipinski definition) is 1. The SMILES string of the molecule is CC[C@@H](Oc1cccc(Cl)c1)C(=O)Nc1ccc(Br)c(Cl)c1. The zero-order valence-corrected chi connectivity index (χ0v) is 14.9. The summed E-state index contributed by atoms with van der Waals surface area (Å²) in [5.74, 6) is 0.323. The van der Waals surface area contributed by atoms with Gasteiger partial charge in [0, 0.05) is 15.2 Å². The molecule has 0 aromatic heterocycles. The monoisotopic (exact) mass is 401 g/mol. The number of nitrogens with one attached hydrogen (secondary N) is 1. The van der Waals surface area contributed by atoms with Gasteiger partial charge in [0.05, 0.1) is 5.02 Å². The van der Waals surface area contributed by atoms with Crippen LogP contribution in [-0.2, 0) is 4.79 Å². The van der Waals surface area contributed by atoms with Gasteiger partial charge in [0.25, 0.3) is 5.91 Å². The Morgan fingerprint density at radius 1 is 1.27 bits per heavy atom. The predicted molar refractivity (Wildman–Crippen MR) is 93.9 cm³/mol. The molecule has 0 aliphatic heterocycles. The predicted octanol–water partition coefficient (Wildman–Crippen LogP) is 5.55. The molecule has 0 fully saturated rings. The molecule has 0 heterocycles. The van der Waals surface area contributed by atoms with Crippen molar-refractivity contribution in [2.45, 2.75) is 19.4 Å². The van der Waals surface area contributed by atoms with E-state index < -0.39 is 6.10 Å². The third-order valence-corrected chi connectivity index (χ3v) is 4.39. The average molecular weight is 403 g/mol. The fourth-order valence-electron chi connectivity index (χ4n) is 1.82. The van der Waals surface area contributed by atoms with Crippen LogP contribution in [0.4, 0.5) is 5.69 Å². The van der Waals surface area contributed by atoms with Gasteiger partial charge in [-0.3, -0.25) is 4.79 Å². The van der Waals surface area contributed by atoms with Gasteiger partial charge in [-0.15, -0.1) is 0 Å². The summed E-state index contributed by atoms with van der Waals surface area (Å²) in [5.41, 5.74) is 0.617. The van der Waals surface area contributed by atoms with Crippen LogP contribution in [0.25, 0.3) is 0 Å². The summed E-state index contributed by atoms with van der Waals surface area (Å²) >= 11 is 15.2. The van der Waals surface area contributed by atoms with Crippen molar-refractivity contribution in [3.63, 3.8) is 0 Å². The molecule has 0 bridgehead atoms. The van der Waals surface area contributed by atoms with E-state index in [1.165, 1.54) is 0 Å². The lowest BCUT2D eigenvalue weighted by Crippen LogP contribution is -2.32. The van der Waals surface area contributed by atoms with Crippen LogP contribution in [0.1, 0.15) is 13.3 Å². The van der Waals surface area contributed by atoms with E-state index in [0.717, 1.165) is 4.47 Å². The third kappa shape index (κ3) is 4.63. The molecule has 1 N–H and O–H groups in total. The Labute approximate surface area is 147 Å². The highest BCUT2D eigenvalue weighted by molar-refractivity contribution is 9.10. The first-order chi connectivity index (χ1) is 10.5. The molecule has 1 amide bonds. The van der Waals surface area contributed by atoms with Crippen LogP contribution >= 0.6 is 39.1 Å². The second-order valence-corrected chi connectivity index (χ2v) is 6.29. The molecular formula is C16H14BrCl2NO2. The number of hydrogen-bond acceptors (Lipinski definition) is 2. The first kappa shape index (κ1) is 17.1. The first-order valence-corrected chi connectivity index (χ1v) is 8.22. The van der Waals surface area contributed by atoms with Gasteiger partial charge >= 0.3 is 0 Å². The summed E-state index contributed by atoms with van der Waals surface area (Å²) in [6.45, 7) is 1.88. The number of carbonyl (C=O) groups is 1. The molecule has 116 valence electrons. The smallest absolute Gasteiger partial charge is 0.265 e. The highest BCUT2D eigenvalue weighted by atomic mass is 79.9. The van der Waals surface area contributed by atoms with E-state index in [0.29, 0.717) is 27.9 Å². The molecule has 22 heavy (non-hydrogen) atoms. The van der Waals surface area contributed by atoms with Gasteiger partial charge in [-0.05, 0) is 58.7 Å². The molecule has 2 rings (SSSR count). The Kier molecular flexibility index (Phi) is 6.12. The van der Waals surface area contributed by atoms with Gasteiger partial charge in [0.1, 0.15) is 5.75 Å². The van der Waals surface area contributed by atoms with E-state index in [1.54, 1.807) is 42.5 Å². The molecule has 0 aliphatic rings. The zero-order valence-electron chi connectivity index (χ0n) is 11.8. The molecule has 0 aliphatic carbocycles. The fourth-order valence-corrected chi connectivity index (χ4v) is 2.43. The standard InChI is InChI=1S/C16H14BrCl2NO2/c1-2-15(22-12-5-3-4-10(18)8-12)16(21)20-11-6-7-13(17)14(19)9-11/h3-9,15H,2H2,1H3,(H,20,21)/t15-/m1/s1. The van der Waals surface area contributed by atoms with Crippen molar-refractivity contribution < 1.29 is 9.53 Å². The number of amides is 1. The Hall–Kier alpha value is -1.23. The van der Waals surface area contributed by atoms with Crippen molar-refractivity contribution in [2.24, 2.45) is 0 Å². The van der Waals surface area contributed by atoms with Crippen molar-refractivity contribution >= 4 is 50.7 Å². The van der Waals surface area contributed by atoms with Crippen molar-refractivity contribution in [3.05, 3.63) is 57.0 Å². The van der Waals surface area contributed by atoms with Crippen LogP contribution in [0.2, 0.25) is 10.0 Å². The Balaban J connectivity index is 2.06. The molecule has 2 aromatic rings. The lowest BCUT2D eigenvalue weighted by atomic mass is 10.2. The van der Waals surface area contributed by atoms with Gasteiger partial charge in [0.2, 0.25) is 0 Å². The molecule has 6 heteroatoms. The second-order valence-electron chi connectivity index (χ2n) is 4.59. The summed E-state index contributed by atoms with van der Waals surface area (Å²) in [7, 11) is 0. The van der Waals surface area contributed by atoms with E-state index in [2.05, 4.69) is 21.2 Å². The normalized spacial score (nSPS) is 11.8. The number of benzene rings is 2. The molecular weight excluding hydrogens is 389 g/mol. The van der Waals surface area contributed by atoms with Gasteiger partial charge < -0.3 is 10.1 Å². The van der Waals surface area contributed by atoms with Gasteiger partial charge in [-0.25, -0.2) is 0 Å². The van der Waals surface area contributed by atoms with Crippen LogP contribution in [0.15, 0.2) is 46.9 Å². The summed E-state index contributed by atoms with van der Waals surface area (Å²) in [6.07, 6.45) is -0.0799. The average Bonchev–Trinajstić information content (AvgIpc) is 2.48. The highest BCUT2D eigenvalue weighted by Gasteiger charge is 2.19. The van der Waals surface area contributed by atoms with Crippen molar-refractivity contribution in [2.75, 3.05) is 5.32 Å². The molecule has 3 nitrogen and oxygen atoms in total. The quantitative estimate of drug-likeness (QED) is 0.711. The highest BCUT2D eigenvalue weighted by Crippen LogP contribution is 2.26. The topological polar surface area (TPSA) is 38.3 Å². The van der Waals surface area contributed by atoms with E-state index >= 15 is 0 Å². The summed E-state index contributed by atoms with van der Waals surface area (Å²) in [4.78, 5) is 12.3. The van der Waals surface area contributed by atoms with E-state index in [9.17, 15) is 4.79 Å². The van der Waals surface area contributed by atoms with Crippen LogP contribution in [-0.4, -0.2) is 12.0 Å². The molecule has 0 spiro atoms. The fraction of sp³-hybridized carbons (Fsp3) is 0.188. The Morgan fingerprint density at radius 3 is 2.68 bits per heavy atom. The molecule has 0 unspecified atom stereocenters. The van der Waals surface area contributed by atoms with Gasteiger partial charge in [0.15, 0.2) is 6.10 Å². The second kappa shape index (κ2) is 7.86. The largest absolute Gasteiger partial charge is 0.481 e. The van der Waals surface area contributed by atoms with E-state index in [4.69, 9.17) is 27.9 Å². The van der Waals surface area contributed by atoms with Crippen LogP contribution < -0.4 is 10.1 Å². The van der Waals surface area contributed by atoms with Crippen LogP contribution in [0.3, 0.4) is 0 Å². The zero-order chi connectivity index (χ0) is 16.1. The molecule has 0 radical (unpaired) electrons. The molecule has 0 saturated carbocycles. The maximum absolute atomic E-state index is 12.3. The maximum atomic E-state index is 12.3. The minimum Gasteiger partial charge on any atom is -0.481 e. The summed E-state index contributed by atoms with van der Waals surface area (Å²) in [6, 6.07) is 12.2. The lowest BCUT2D eigenvalue weighted by Gasteiger charge is -2.17. The molecule has 1 atom stereocenters. The minimum atomic E-state index is -0.610. The third-order valence-electron chi connectivity index (χ3n) is 2.92. The van der Waals surface area contributed by atoms with E-state index in [-0.39, 0.29) is 5.91 Å². The first-order valence-electron chi connectivity index (χ1n) is 6.67. The Bertz CT molecular complexity index is 679. The van der Waals surface area contributed by atoms with Crippen molar-refractivity contribution in [1.29, 1.82) is 0 Å². The maximum Gasteiger partial charge on any atom is 0.265 e. The van der Waals surface area contributed by atoms with Gasteiger partial charge in [-0.2, -0.15) is 0 Å². The van der Waals surface area contributed by atoms with Crippen molar-refractivity contribution in [1.82, 2.24) is 0 Å².